The summed E-state index contributed by atoms with van der Waals surface area (Å²) in [6.45, 7) is 2.24. The molecule has 0 bridgehead atoms. The van der Waals surface area contributed by atoms with E-state index >= 15 is 0 Å². The monoisotopic (exact) mass is 464 g/mol. The van der Waals surface area contributed by atoms with Crippen LogP contribution in [0.5, 0.6) is 5.75 Å². The van der Waals surface area contributed by atoms with Gasteiger partial charge in [-0.15, -0.1) is 3.97 Å². The average molecular weight is 465 g/mol. The van der Waals surface area contributed by atoms with E-state index in [4.69, 9.17) is 4.55 Å². The molecule has 9 heteroatoms. The van der Waals surface area contributed by atoms with Crippen LogP contribution in [0.3, 0.4) is 0 Å². The Morgan fingerprint density at radius 3 is 1.87 bits per heavy atom. The van der Waals surface area contributed by atoms with Gasteiger partial charge in [0.1, 0.15) is 5.75 Å². The second-order valence-corrected chi connectivity index (χ2v) is 10.3. The molecule has 174 valence electrons. The van der Waals surface area contributed by atoms with E-state index in [2.05, 4.69) is 15.4 Å². The zero-order chi connectivity index (χ0) is 22.3. The Morgan fingerprint density at radius 2 is 1.37 bits per heavy atom. The van der Waals surface area contributed by atoms with Gasteiger partial charge in [0.15, 0.2) is 0 Å². The molecule has 0 aliphatic heterocycles. The fraction of sp³-hybridized carbons (Fsp3) is 0.714. The van der Waals surface area contributed by atoms with Crippen molar-refractivity contribution in [3.05, 3.63) is 29.8 Å². The molecule has 30 heavy (non-hydrogen) atoms. The lowest BCUT2D eigenvalue weighted by Crippen LogP contribution is -2.05. The van der Waals surface area contributed by atoms with Crippen LogP contribution in [0, 0.1) is 0 Å². The van der Waals surface area contributed by atoms with E-state index in [-0.39, 0.29) is 5.75 Å². The third-order valence-corrected chi connectivity index (χ3v) is 6.83. The highest BCUT2D eigenvalue weighted by molar-refractivity contribution is 7.85. The SMILES string of the molecule is CCCCCCCCCCCCCCCc1cccc(OP(=O)(O)OS(=O)(=O)O)c1. The van der Waals surface area contributed by atoms with Crippen LogP contribution in [0.2, 0.25) is 0 Å². The van der Waals surface area contributed by atoms with Crippen molar-refractivity contribution in [3.8, 4) is 5.75 Å². The molecule has 7 nitrogen and oxygen atoms in total. The predicted octanol–water partition coefficient (Wildman–Crippen LogP) is 6.62. The third-order valence-electron chi connectivity index (χ3n) is 4.88. The van der Waals surface area contributed by atoms with E-state index < -0.39 is 18.2 Å². The summed E-state index contributed by atoms with van der Waals surface area (Å²) in [5, 5.41) is 0. The average Bonchev–Trinajstić information content (AvgIpc) is 2.63. The number of benzene rings is 1. The first-order valence-corrected chi connectivity index (χ1v) is 13.9. The first-order valence-electron chi connectivity index (χ1n) is 11.0. The van der Waals surface area contributed by atoms with Crippen molar-refractivity contribution in [2.45, 2.75) is 96.8 Å². The van der Waals surface area contributed by atoms with Crippen molar-refractivity contribution >= 4 is 18.2 Å². The molecule has 1 aromatic carbocycles. The summed E-state index contributed by atoms with van der Waals surface area (Å²) in [5.41, 5.74) is 0.919. The van der Waals surface area contributed by atoms with Gasteiger partial charge in [0.2, 0.25) is 0 Å². The highest BCUT2D eigenvalue weighted by Gasteiger charge is 2.30. The van der Waals surface area contributed by atoms with E-state index in [1.165, 1.54) is 76.7 Å². The Bertz CT molecular complexity index is 737. The van der Waals surface area contributed by atoms with Crippen LogP contribution in [-0.2, 0) is 25.4 Å². The fourth-order valence-corrected chi connectivity index (χ4v) is 4.83. The van der Waals surface area contributed by atoms with Gasteiger partial charge in [-0.1, -0.05) is 96.1 Å². The lowest BCUT2D eigenvalue weighted by atomic mass is 10.0. The first-order chi connectivity index (χ1) is 14.2. The number of hydrogen-bond acceptors (Lipinski definition) is 5. The largest absolute Gasteiger partial charge is 0.544 e. The standard InChI is InChI=1S/C21H37O7PS/c1-2-3-4-5-6-7-8-9-10-11-12-13-14-16-20-17-15-18-21(19-20)27-29(22,23)28-30(24,25)26/h15,17-19H,2-14,16H2,1H3,(H,22,23)(H,24,25,26). The summed E-state index contributed by atoms with van der Waals surface area (Å²) in [7, 11) is -10.0. The van der Waals surface area contributed by atoms with E-state index in [0.29, 0.717) is 0 Å². The van der Waals surface area contributed by atoms with Crippen molar-refractivity contribution in [2.24, 2.45) is 0 Å². The van der Waals surface area contributed by atoms with Gasteiger partial charge >= 0.3 is 18.2 Å². The second kappa shape index (κ2) is 15.0. The minimum Gasteiger partial charge on any atom is -0.403 e. The number of hydrogen-bond donors (Lipinski definition) is 2. The number of phosphoric acid groups is 1. The van der Waals surface area contributed by atoms with Crippen molar-refractivity contribution in [1.82, 2.24) is 0 Å². The first kappa shape index (κ1) is 27.1. The van der Waals surface area contributed by atoms with Crippen molar-refractivity contribution in [2.75, 3.05) is 0 Å². The Balaban J connectivity index is 2.14. The lowest BCUT2D eigenvalue weighted by molar-refractivity contribution is 0.274. The summed E-state index contributed by atoms with van der Waals surface area (Å²) in [5.74, 6) is 0.0108. The zero-order valence-electron chi connectivity index (χ0n) is 18.0. The number of unbranched alkanes of at least 4 members (excludes halogenated alkanes) is 12. The minimum absolute atomic E-state index is 0.0108. The van der Waals surface area contributed by atoms with Crippen LogP contribution in [0.4, 0.5) is 0 Å². The number of phosphoric ester groups is 1. The molecule has 0 saturated heterocycles. The molecule has 0 heterocycles. The van der Waals surface area contributed by atoms with Crippen LogP contribution in [0.15, 0.2) is 24.3 Å². The van der Waals surface area contributed by atoms with Crippen LogP contribution < -0.4 is 4.52 Å². The molecule has 1 rings (SSSR count). The molecule has 1 unspecified atom stereocenters. The third kappa shape index (κ3) is 15.0. The molecule has 0 aliphatic rings. The van der Waals surface area contributed by atoms with Gasteiger partial charge in [0.05, 0.1) is 0 Å². The maximum Gasteiger partial charge on any atom is 0.544 e. The summed E-state index contributed by atoms with van der Waals surface area (Å²) >= 11 is 0. The molecule has 0 radical (unpaired) electrons. The molecule has 1 aromatic rings. The van der Waals surface area contributed by atoms with E-state index in [1.54, 1.807) is 12.1 Å². The number of rotatable bonds is 18. The van der Waals surface area contributed by atoms with Gasteiger partial charge in [0, 0.05) is 0 Å². The fourth-order valence-electron chi connectivity index (χ4n) is 3.37. The van der Waals surface area contributed by atoms with Gasteiger partial charge in [-0.3, -0.25) is 9.45 Å². The van der Waals surface area contributed by atoms with Crippen LogP contribution in [0.1, 0.15) is 96.0 Å². The molecule has 2 N–H and O–H groups in total. The molecule has 0 spiro atoms. The summed E-state index contributed by atoms with van der Waals surface area (Å²) in [6.07, 6.45) is 17.5. The van der Waals surface area contributed by atoms with E-state index in [0.717, 1.165) is 24.8 Å². The molecule has 0 aromatic heterocycles. The van der Waals surface area contributed by atoms with Crippen LogP contribution >= 0.6 is 7.82 Å². The van der Waals surface area contributed by atoms with Gasteiger partial charge in [-0.05, 0) is 30.5 Å². The molecule has 0 saturated carbocycles. The van der Waals surface area contributed by atoms with Crippen molar-refractivity contribution in [1.29, 1.82) is 0 Å². The van der Waals surface area contributed by atoms with E-state index in [1.807, 2.05) is 6.07 Å². The summed E-state index contributed by atoms with van der Waals surface area (Å²) in [4.78, 5) is 9.37. The highest BCUT2D eigenvalue weighted by Crippen LogP contribution is 2.45. The van der Waals surface area contributed by atoms with Crippen LogP contribution in [-0.4, -0.2) is 17.9 Å². The van der Waals surface area contributed by atoms with Gasteiger partial charge in [-0.25, -0.2) is 4.57 Å². The second-order valence-electron chi connectivity index (χ2n) is 7.70. The van der Waals surface area contributed by atoms with E-state index in [9.17, 15) is 17.9 Å². The van der Waals surface area contributed by atoms with Gasteiger partial charge < -0.3 is 4.52 Å². The molecule has 0 fully saturated rings. The lowest BCUT2D eigenvalue weighted by Gasteiger charge is -2.11. The van der Waals surface area contributed by atoms with Crippen molar-refractivity contribution < 1.29 is 30.9 Å². The Morgan fingerprint density at radius 1 is 0.867 bits per heavy atom. The highest BCUT2D eigenvalue weighted by atomic mass is 32.3. The Labute approximate surface area is 181 Å². The molecular formula is C21H37O7PS. The predicted molar refractivity (Wildman–Crippen MR) is 119 cm³/mol. The van der Waals surface area contributed by atoms with Crippen molar-refractivity contribution in [3.63, 3.8) is 0 Å². The quantitative estimate of drug-likeness (QED) is 0.143. The Kier molecular flexibility index (Phi) is 13.5. The zero-order valence-corrected chi connectivity index (χ0v) is 19.7. The minimum atomic E-state index is -5.09. The normalized spacial score (nSPS) is 13.8. The molecule has 1 atom stereocenters. The smallest absolute Gasteiger partial charge is 0.403 e. The summed E-state index contributed by atoms with van der Waals surface area (Å²) in [6, 6.07) is 6.51. The maximum atomic E-state index is 11.6. The topological polar surface area (TPSA) is 110 Å². The summed E-state index contributed by atoms with van der Waals surface area (Å²) < 4.78 is 49.6. The molecule has 0 amide bonds. The van der Waals surface area contributed by atoms with Gasteiger partial charge in [-0.2, -0.15) is 8.42 Å². The van der Waals surface area contributed by atoms with Crippen LogP contribution in [0.25, 0.3) is 0 Å². The van der Waals surface area contributed by atoms with Gasteiger partial charge in [0.25, 0.3) is 0 Å². The Hall–Kier alpha value is -0.920. The number of aryl methyl sites for hydroxylation is 1. The maximum absolute atomic E-state index is 11.6. The molecular weight excluding hydrogens is 427 g/mol. The molecule has 0 aliphatic carbocycles.